The Labute approximate surface area is 238 Å². The summed E-state index contributed by atoms with van der Waals surface area (Å²) in [4.78, 5) is 38.0. The van der Waals surface area contributed by atoms with Crippen LogP contribution >= 0.6 is 0 Å². The van der Waals surface area contributed by atoms with Gasteiger partial charge < -0.3 is 24.8 Å². The number of carboxylic acid groups (broad SMARTS) is 1. The molecular weight excluding hydrogens is 550 g/mol. The van der Waals surface area contributed by atoms with Gasteiger partial charge in [0.05, 0.1) is 4.90 Å². The van der Waals surface area contributed by atoms with Gasteiger partial charge in [0.25, 0.3) is 0 Å². The number of nitrogens with zero attached hydrogens (tertiary/aromatic N) is 2. The zero-order chi connectivity index (χ0) is 29.2. The van der Waals surface area contributed by atoms with Crippen molar-refractivity contribution < 1.29 is 37.4 Å². The van der Waals surface area contributed by atoms with Gasteiger partial charge in [0, 0.05) is 32.6 Å². The van der Waals surface area contributed by atoms with Crippen LogP contribution < -0.4 is 10.1 Å². The van der Waals surface area contributed by atoms with Crippen molar-refractivity contribution in [3.63, 3.8) is 0 Å². The number of hydrogen-bond donors (Lipinski definition) is 2. The summed E-state index contributed by atoms with van der Waals surface area (Å²) in [6.45, 7) is 0.511. The van der Waals surface area contributed by atoms with Crippen LogP contribution in [0.5, 0.6) is 11.5 Å². The highest BCUT2D eigenvalue weighted by Crippen LogP contribution is 2.24. The Morgan fingerprint density at radius 1 is 0.829 bits per heavy atom. The Morgan fingerprint density at radius 3 is 2.02 bits per heavy atom. The Bertz CT molecular complexity index is 1430. The van der Waals surface area contributed by atoms with Crippen molar-refractivity contribution in [2.45, 2.75) is 30.4 Å². The highest BCUT2D eigenvalue weighted by atomic mass is 32.2. The van der Waals surface area contributed by atoms with Gasteiger partial charge in [0.2, 0.25) is 15.9 Å². The van der Waals surface area contributed by atoms with Crippen molar-refractivity contribution in [3.8, 4) is 11.5 Å². The number of carbonyl (C=O) groups is 3. The van der Waals surface area contributed by atoms with Crippen molar-refractivity contribution >= 4 is 28.0 Å². The number of ether oxygens (including phenoxy) is 2. The predicted molar refractivity (Wildman–Crippen MR) is 149 cm³/mol. The smallest absolute Gasteiger partial charge is 0.408 e. The number of hydrogen-bond acceptors (Lipinski definition) is 7. The average Bonchev–Trinajstić information content (AvgIpc) is 2.99. The topological polar surface area (TPSA) is 143 Å². The van der Waals surface area contributed by atoms with E-state index in [1.165, 1.54) is 21.3 Å². The molecule has 0 saturated carbocycles. The molecule has 1 atom stereocenters. The quantitative estimate of drug-likeness (QED) is 0.351. The van der Waals surface area contributed by atoms with Gasteiger partial charge in [-0.2, -0.15) is 4.31 Å². The first kappa shape index (κ1) is 29.6. The summed E-state index contributed by atoms with van der Waals surface area (Å²) in [6, 6.07) is 22.9. The number of piperazine rings is 1. The lowest BCUT2D eigenvalue weighted by atomic mass is 10.1. The third-order valence-electron chi connectivity index (χ3n) is 6.48. The van der Waals surface area contributed by atoms with E-state index in [0.29, 0.717) is 11.5 Å². The molecule has 3 aromatic rings. The van der Waals surface area contributed by atoms with Gasteiger partial charge in [-0.05, 0) is 48.4 Å². The zero-order valence-corrected chi connectivity index (χ0v) is 23.0. The van der Waals surface area contributed by atoms with Gasteiger partial charge in [-0.25, -0.2) is 18.0 Å². The Balaban J connectivity index is 1.23. The summed E-state index contributed by atoms with van der Waals surface area (Å²) in [5.41, 5.74) is 0.750. The average molecular weight is 582 g/mol. The number of rotatable bonds is 11. The minimum Gasteiger partial charge on any atom is -0.480 e. The van der Waals surface area contributed by atoms with E-state index in [2.05, 4.69) is 5.32 Å². The Morgan fingerprint density at radius 2 is 1.41 bits per heavy atom. The maximum atomic E-state index is 13.1. The number of sulfonamides is 1. The molecule has 0 aliphatic carbocycles. The highest BCUT2D eigenvalue weighted by molar-refractivity contribution is 7.89. The molecule has 3 aromatic carbocycles. The molecule has 2 N–H and O–H groups in total. The Hall–Kier alpha value is -4.42. The second kappa shape index (κ2) is 13.8. The molecule has 216 valence electrons. The van der Waals surface area contributed by atoms with Crippen LogP contribution in [0.2, 0.25) is 0 Å². The normalized spacial score (nSPS) is 14.6. The first-order valence-corrected chi connectivity index (χ1v) is 14.5. The summed E-state index contributed by atoms with van der Waals surface area (Å²) in [7, 11) is -3.78. The summed E-state index contributed by atoms with van der Waals surface area (Å²) >= 11 is 0. The molecule has 41 heavy (non-hydrogen) atoms. The molecule has 12 heteroatoms. The van der Waals surface area contributed by atoms with E-state index < -0.39 is 28.1 Å². The van der Waals surface area contributed by atoms with Crippen LogP contribution in [0.15, 0.2) is 89.8 Å². The fraction of sp³-hybridized carbons (Fsp3) is 0.276. The molecule has 0 unspecified atom stereocenters. The van der Waals surface area contributed by atoms with E-state index in [0.717, 1.165) is 5.56 Å². The molecule has 1 heterocycles. The van der Waals surface area contributed by atoms with Gasteiger partial charge >= 0.3 is 12.1 Å². The first-order valence-electron chi connectivity index (χ1n) is 13.0. The van der Waals surface area contributed by atoms with Crippen LogP contribution in [0.4, 0.5) is 4.79 Å². The molecule has 0 spiro atoms. The van der Waals surface area contributed by atoms with Crippen molar-refractivity contribution in [1.82, 2.24) is 14.5 Å². The second-order valence-electron chi connectivity index (χ2n) is 9.31. The molecule has 4 rings (SSSR count). The number of para-hydroxylation sites is 1. The molecule has 1 aliphatic heterocycles. The molecule has 0 radical (unpaired) electrons. The van der Waals surface area contributed by atoms with Crippen LogP contribution in [0.3, 0.4) is 0 Å². The SMILES string of the molecule is O=C(N[C@@H](CCC(=O)N1CCN(S(=O)(=O)c2ccc(Oc3ccccc3)cc2)CC1)C(=O)O)OCc1ccccc1. The maximum Gasteiger partial charge on any atom is 0.408 e. The van der Waals surface area contributed by atoms with Gasteiger partial charge in [-0.1, -0.05) is 48.5 Å². The summed E-state index contributed by atoms with van der Waals surface area (Å²) in [5, 5.41) is 11.8. The van der Waals surface area contributed by atoms with E-state index >= 15 is 0 Å². The van der Waals surface area contributed by atoms with E-state index in [4.69, 9.17) is 9.47 Å². The third kappa shape index (κ3) is 8.29. The molecular formula is C29H31N3O8S. The minimum atomic E-state index is -3.78. The van der Waals surface area contributed by atoms with Crippen molar-refractivity contribution in [2.24, 2.45) is 0 Å². The summed E-state index contributed by atoms with van der Waals surface area (Å²) in [5.74, 6) is -0.470. The van der Waals surface area contributed by atoms with Crippen LogP contribution in [-0.4, -0.2) is 72.9 Å². The van der Waals surface area contributed by atoms with Gasteiger partial charge in [-0.15, -0.1) is 0 Å². The molecule has 0 aromatic heterocycles. The highest BCUT2D eigenvalue weighted by Gasteiger charge is 2.31. The van der Waals surface area contributed by atoms with E-state index in [1.807, 2.05) is 24.3 Å². The second-order valence-corrected chi connectivity index (χ2v) is 11.2. The lowest BCUT2D eigenvalue weighted by Crippen LogP contribution is -2.50. The van der Waals surface area contributed by atoms with Gasteiger partial charge in [-0.3, -0.25) is 4.79 Å². The van der Waals surface area contributed by atoms with Crippen LogP contribution in [-0.2, 0) is 31.0 Å². The minimum absolute atomic E-state index is 0.0171. The van der Waals surface area contributed by atoms with E-state index in [9.17, 15) is 27.9 Å². The molecule has 1 saturated heterocycles. The lowest BCUT2D eigenvalue weighted by molar-refractivity contribution is -0.140. The van der Waals surface area contributed by atoms with Crippen LogP contribution in [0.1, 0.15) is 18.4 Å². The summed E-state index contributed by atoms with van der Waals surface area (Å²) < 4.78 is 38.4. The molecule has 1 fully saturated rings. The maximum absolute atomic E-state index is 13.1. The predicted octanol–water partition coefficient (Wildman–Crippen LogP) is 3.47. The van der Waals surface area contributed by atoms with Crippen molar-refractivity contribution in [1.29, 1.82) is 0 Å². The van der Waals surface area contributed by atoms with Crippen LogP contribution in [0, 0.1) is 0 Å². The monoisotopic (exact) mass is 581 g/mol. The number of benzene rings is 3. The number of alkyl carbamates (subject to hydrolysis) is 1. The lowest BCUT2D eigenvalue weighted by Gasteiger charge is -2.34. The Kier molecular flexibility index (Phi) is 9.93. The fourth-order valence-electron chi connectivity index (χ4n) is 4.22. The summed E-state index contributed by atoms with van der Waals surface area (Å²) in [6.07, 6.45) is -1.16. The number of carbonyl (C=O) groups excluding carboxylic acids is 2. The largest absolute Gasteiger partial charge is 0.480 e. The number of amides is 2. The zero-order valence-electron chi connectivity index (χ0n) is 22.2. The van der Waals surface area contributed by atoms with Crippen molar-refractivity contribution in [2.75, 3.05) is 26.2 Å². The van der Waals surface area contributed by atoms with Gasteiger partial charge in [0.1, 0.15) is 24.1 Å². The molecule has 1 aliphatic rings. The van der Waals surface area contributed by atoms with Gasteiger partial charge in [0.15, 0.2) is 0 Å². The number of aliphatic carboxylic acids is 1. The van der Waals surface area contributed by atoms with E-state index in [-0.39, 0.29) is 56.4 Å². The third-order valence-corrected chi connectivity index (χ3v) is 8.39. The fourth-order valence-corrected chi connectivity index (χ4v) is 5.64. The molecule has 2 amide bonds. The molecule has 11 nitrogen and oxygen atoms in total. The first-order chi connectivity index (χ1) is 19.7. The molecule has 0 bridgehead atoms. The van der Waals surface area contributed by atoms with Crippen LogP contribution in [0.25, 0.3) is 0 Å². The standard InChI is InChI=1S/C29H31N3O8S/c33-27(16-15-26(28(34)35)30-29(36)39-21-22-7-3-1-4-8-22)31-17-19-32(20-18-31)41(37,38)25-13-11-24(12-14-25)40-23-9-5-2-6-10-23/h1-14,26H,15-21H2,(H,30,36)(H,34,35)/t26-/m0/s1. The number of nitrogens with one attached hydrogen (secondary N) is 1. The van der Waals surface area contributed by atoms with Crippen molar-refractivity contribution in [3.05, 3.63) is 90.5 Å². The number of carboxylic acids is 1. The van der Waals surface area contributed by atoms with E-state index in [1.54, 1.807) is 48.5 Å².